The molecule has 0 aliphatic rings. The standard InChI is InChI=1S/C60H117NO4S/c1-4-7-10-13-16-19-22-25-28-31-34-37-40-43-46-49-52-55-61(58-60(62)59-66(63,64)65,56-53-50-47-44-41-38-35-32-29-26-23-20-17-14-11-8-5-2)57-54-51-48-45-42-39-36-33-30-27-24-21-18-15-12-9-6-3/h52-57,60,62H,4-51,58-59H2,1-3H3/p+1/b55-52+,56-53+,57-54+. The fraction of sp³-hybridized carbons (Fsp3) is 0.900. The summed E-state index contributed by atoms with van der Waals surface area (Å²) in [5, 5.41) is 11.0. The third-order valence-electron chi connectivity index (χ3n) is 14.0. The average molecular weight is 950 g/mol. The molecule has 0 radical (unpaired) electrons. The normalized spacial score (nSPS) is 13.1. The lowest BCUT2D eigenvalue weighted by Gasteiger charge is -2.29. The molecule has 6 heteroatoms. The minimum absolute atomic E-state index is 0.194. The fourth-order valence-electron chi connectivity index (χ4n) is 9.71. The first-order valence-electron chi connectivity index (χ1n) is 29.8. The Labute approximate surface area is 415 Å². The summed E-state index contributed by atoms with van der Waals surface area (Å²) in [7, 11) is -4.29. The summed E-state index contributed by atoms with van der Waals surface area (Å²) in [5.74, 6) is -0.639. The Kier molecular flexibility index (Phi) is 51.1. The zero-order valence-electron chi connectivity index (χ0n) is 45.0. The van der Waals surface area contributed by atoms with E-state index < -0.39 is 22.0 Å². The molecule has 0 amide bonds. The molecule has 0 rings (SSSR count). The molecule has 66 heavy (non-hydrogen) atoms. The molecule has 1 atom stereocenters. The van der Waals surface area contributed by atoms with E-state index >= 15 is 0 Å². The van der Waals surface area contributed by atoms with Gasteiger partial charge in [0.2, 0.25) is 0 Å². The number of allylic oxidation sites excluding steroid dienone is 3. The van der Waals surface area contributed by atoms with E-state index in [0.29, 0.717) is 0 Å². The first-order valence-corrected chi connectivity index (χ1v) is 31.4. The highest BCUT2D eigenvalue weighted by atomic mass is 32.2. The van der Waals surface area contributed by atoms with Crippen molar-refractivity contribution in [3.05, 3.63) is 36.8 Å². The van der Waals surface area contributed by atoms with E-state index in [0.717, 1.165) is 38.5 Å². The summed E-state index contributed by atoms with van der Waals surface area (Å²) >= 11 is 0. The highest BCUT2D eigenvalue weighted by molar-refractivity contribution is 7.85. The zero-order chi connectivity index (χ0) is 48.2. The van der Waals surface area contributed by atoms with Gasteiger partial charge in [0.1, 0.15) is 37.0 Å². The van der Waals surface area contributed by atoms with Gasteiger partial charge in [-0.05, 0) is 56.8 Å². The van der Waals surface area contributed by atoms with Gasteiger partial charge < -0.3 is 5.11 Å². The van der Waals surface area contributed by atoms with Crippen LogP contribution in [0, 0.1) is 0 Å². The van der Waals surface area contributed by atoms with Gasteiger partial charge in [-0.15, -0.1) is 0 Å². The highest BCUT2D eigenvalue weighted by Crippen LogP contribution is 2.21. The average Bonchev–Trinajstić information content (AvgIpc) is 3.28. The van der Waals surface area contributed by atoms with Gasteiger partial charge >= 0.3 is 0 Å². The Balaban J connectivity index is 5.00. The van der Waals surface area contributed by atoms with Crippen LogP contribution in [0.5, 0.6) is 0 Å². The SMILES string of the molecule is CCCCCCCCCCCCCCCCC/C=C/[N+](/C=C/CCCCCCCCCCCCCCCCC)(/C=C/CCCCCCCCCCCCCCCCC)CC(O)CS(=O)(=O)O. The van der Waals surface area contributed by atoms with E-state index in [4.69, 9.17) is 0 Å². The molecule has 0 aromatic rings. The predicted octanol–water partition coefficient (Wildman–Crippen LogP) is 20.4. The number of quaternary nitrogens is 1. The van der Waals surface area contributed by atoms with Crippen molar-refractivity contribution in [2.24, 2.45) is 0 Å². The van der Waals surface area contributed by atoms with Crippen LogP contribution < -0.4 is 0 Å². The van der Waals surface area contributed by atoms with Crippen LogP contribution in [-0.2, 0) is 10.1 Å². The minimum Gasteiger partial charge on any atom is -0.386 e. The maximum atomic E-state index is 11.8. The number of unbranched alkanes of at least 4 members (excludes halogenated alkanes) is 45. The molecule has 5 nitrogen and oxygen atoms in total. The molecule has 0 aliphatic heterocycles. The van der Waals surface area contributed by atoms with Gasteiger partial charge in [0.05, 0.1) is 0 Å². The Morgan fingerprint density at radius 1 is 0.333 bits per heavy atom. The summed E-state index contributed by atoms with van der Waals surface area (Å²) in [6.45, 7) is 7.06. The van der Waals surface area contributed by atoms with Crippen LogP contribution in [0.25, 0.3) is 0 Å². The van der Waals surface area contributed by atoms with E-state index in [2.05, 4.69) is 57.6 Å². The largest absolute Gasteiger partial charge is 0.386 e. The summed E-state index contributed by atoms with van der Waals surface area (Å²) in [6.07, 6.45) is 76.0. The smallest absolute Gasteiger partial charge is 0.267 e. The second kappa shape index (κ2) is 51.9. The van der Waals surface area contributed by atoms with Gasteiger partial charge in [-0.2, -0.15) is 8.42 Å². The molecular formula is C60H118NO4S+. The molecule has 0 heterocycles. The van der Waals surface area contributed by atoms with Gasteiger partial charge in [-0.25, -0.2) is 4.48 Å². The maximum Gasteiger partial charge on any atom is 0.267 e. The molecule has 0 aliphatic carbocycles. The van der Waals surface area contributed by atoms with Crippen molar-refractivity contribution in [2.45, 2.75) is 335 Å². The molecular weight excluding hydrogens is 831 g/mol. The minimum atomic E-state index is -4.29. The first kappa shape index (κ1) is 65.0. The number of nitrogens with zero attached hydrogens (tertiary/aromatic N) is 1. The number of hydrogen-bond acceptors (Lipinski definition) is 3. The van der Waals surface area contributed by atoms with Crippen molar-refractivity contribution in [1.29, 1.82) is 0 Å². The Bertz CT molecular complexity index is 1040. The van der Waals surface area contributed by atoms with Crippen molar-refractivity contribution < 1.29 is 22.6 Å². The van der Waals surface area contributed by atoms with E-state index in [1.54, 1.807) is 0 Å². The second-order valence-electron chi connectivity index (χ2n) is 20.9. The van der Waals surface area contributed by atoms with Crippen molar-refractivity contribution in [3.63, 3.8) is 0 Å². The number of rotatable bonds is 55. The third-order valence-corrected chi connectivity index (χ3v) is 14.8. The zero-order valence-corrected chi connectivity index (χ0v) is 45.8. The lowest BCUT2D eigenvalue weighted by atomic mass is 10.0. The van der Waals surface area contributed by atoms with Gasteiger partial charge in [-0.1, -0.05) is 290 Å². The monoisotopic (exact) mass is 949 g/mol. The lowest BCUT2D eigenvalue weighted by Crippen LogP contribution is -2.41. The Morgan fingerprint density at radius 3 is 0.697 bits per heavy atom. The molecule has 0 fully saturated rings. The summed E-state index contributed by atoms with van der Waals surface area (Å²) in [5.41, 5.74) is 0. The lowest BCUT2D eigenvalue weighted by molar-refractivity contribution is -0.777. The van der Waals surface area contributed by atoms with Crippen molar-refractivity contribution in [1.82, 2.24) is 0 Å². The molecule has 0 spiro atoms. The van der Waals surface area contributed by atoms with Gasteiger partial charge in [0, 0.05) is 0 Å². The molecule has 0 bridgehead atoms. The molecule has 0 aromatic heterocycles. The molecule has 2 N–H and O–H groups in total. The van der Waals surface area contributed by atoms with Crippen LogP contribution in [0.15, 0.2) is 36.8 Å². The van der Waals surface area contributed by atoms with E-state index in [1.807, 2.05) is 0 Å². The number of aliphatic hydroxyl groups excluding tert-OH is 1. The second-order valence-corrected chi connectivity index (χ2v) is 22.4. The number of aliphatic hydroxyl groups is 1. The Hall–Kier alpha value is -0.950. The van der Waals surface area contributed by atoms with Crippen LogP contribution in [0.2, 0.25) is 0 Å². The molecule has 0 aromatic carbocycles. The van der Waals surface area contributed by atoms with E-state index in [9.17, 15) is 18.1 Å². The quantitative estimate of drug-likeness (QED) is 0.0362. The van der Waals surface area contributed by atoms with Crippen molar-refractivity contribution in [2.75, 3.05) is 12.3 Å². The Morgan fingerprint density at radius 2 is 0.515 bits per heavy atom. The summed E-state index contributed by atoms with van der Waals surface area (Å²) < 4.78 is 33.6. The van der Waals surface area contributed by atoms with Crippen molar-refractivity contribution >= 4 is 10.1 Å². The molecule has 1 unspecified atom stereocenters. The van der Waals surface area contributed by atoms with Gasteiger partial charge in [0.25, 0.3) is 10.1 Å². The highest BCUT2D eigenvalue weighted by Gasteiger charge is 2.27. The van der Waals surface area contributed by atoms with E-state index in [-0.39, 0.29) is 11.0 Å². The van der Waals surface area contributed by atoms with Crippen LogP contribution in [0.4, 0.5) is 0 Å². The molecule has 0 saturated heterocycles. The van der Waals surface area contributed by atoms with Crippen LogP contribution in [0.3, 0.4) is 0 Å². The topological polar surface area (TPSA) is 74.6 Å². The fourth-order valence-corrected chi connectivity index (χ4v) is 10.3. The maximum absolute atomic E-state index is 11.8. The van der Waals surface area contributed by atoms with Gasteiger partial charge in [0.15, 0.2) is 0 Å². The molecule has 0 saturated carbocycles. The third kappa shape index (κ3) is 50.9. The first-order chi connectivity index (χ1) is 32.3. The van der Waals surface area contributed by atoms with Crippen LogP contribution in [-0.4, -0.2) is 41.0 Å². The van der Waals surface area contributed by atoms with Crippen molar-refractivity contribution in [3.8, 4) is 0 Å². The summed E-state index contributed by atoms with van der Waals surface area (Å²) in [6, 6.07) is 0. The van der Waals surface area contributed by atoms with E-state index in [1.165, 1.54) is 270 Å². The van der Waals surface area contributed by atoms with Crippen LogP contribution >= 0.6 is 0 Å². The van der Waals surface area contributed by atoms with Gasteiger partial charge in [-0.3, -0.25) is 4.55 Å². The predicted molar refractivity (Wildman–Crippen MR) is 294 cm³/mol. The number of hydrogen-bond donors (Lipinski definition) is 2. The van der Waals surface area contributed by atoms with Crippen LogP contribution in [0.1, 0.15) is 329 Å². The summed E-state index contributed by atoms with van der Waals surface area (Å²) in [4.78, 5) is 0. The molecule has 392 valence electrons.